The van der Waals surface area contributed by atoms with Crippen molar-refractivity contribution in [3.8, 4) is 5.75 Å². The number of aromatic hydroxyl groups is 1. The van der Waals surface area contributed by atoms with E-state index in [-0.39, 0.29) is 22.8 Å². The highest BCUT2D eigenvalue weighted by atomic mass is 32.2. The molecule has 0 aliphatic rings. The Morgan fingerprint density at radius 2 is 1.87 bits per heavy atom. The molecule has 0 atom stereocenters. The number of phenolic OH excluding ortho intramolecular Hbond substituents is 1. The molecule has 0 bridgehead atoms. The number of nitro benzene ring substituents is 1. The Morgan fingerprint density at radius 3 is 2.52 bits per heavy atom. The van der Waals surface area contributed by atoms with Crippen molar-refractivity contribution in [3.05, 3.63) is 69.8 Å². The molecule has 6 nitrogen and oxygen atoms in total. The van der Waals surface area contributed by atoms with Gasteiger partial charge in [0.25, 0.3) is 0 Å². The Morgan fingerprint density at radius 1 is 1.17 bits per heavy atom. The Balaban J connectivity index is 2.28. The second-order valence-corrected chi connectivity index (χ2v) is 6.94. The standard InChI is InChI=1S/C16H15NO5S/c1-23(21,22)15-11-3-2-6-12(15)7-4-8-13-9-5-10-14(16(13)18)17(19)20/h2-7,9-11,18H,8H2,1H3/b7-4+. The summed E-state index contributed by atoms with van der Waals surface area (Å²) in [5, 5.41) is 20.7. The summed E-state index contributed by atoms with van der Waals surface area (Å²) in [7, 11) is -3.34. The molecule has 0 spiro atoms. The van der Waals surface area contributed by atoms with E-state index in [1.165, 1.54) is 18.2 Å². The van der Waals surface area contributed by atoms with Crippen LogP contribution in [0.25, 0.3) is 6.08 Å². The molecule has 0 fully saturated rings. The molecule has 2 rings (SSSR count). The number of hydrogen-bond donors (Lipinski definition) is 1. The fourth-order valence-electron chi connectivity index (χ4n) is 2.16. The van der Waals surface area contributed by atoms with Crippen LogP contribution >= 0.6 is 0 Å². The minimum absolute atomic E-state index is 0.208. The number of nitrogens with zero attached hydrogens (tertiary/aromatic N) is 1. The van der Waals surface area contributed by atoms with E-state index in [0.717, 1.165) is 6.26 Å². The summed E-state index contributed by atoms with van der Waals surface area (Å²) in [4.78, 5) is 10.3. The van der Waals surface area contributed by atoms with Crippen molar-refractivity contribution in [2.45, 2.75) is 11.3 Å². The first-order chi connectivity index (χ1) is 10.8. The number of phenols is 1. The fourth-order valence-corrected chi connectivity index (χ4v) is 3.05. The lowest BCUT2D eigenvalue weighted by molar-refractivity contribution is -0.385. The molecule has 7 heteroatoms. The SMILES string of the molecule is CS(=O)(=O)c1ccccc1/C=C/Cc1cccc([N+](=O)[O-])c1O. The third-order valence-electron chi connectivity index (χ3n) is 3.25. The summed E-state index contributed by atoms with van der Waals surface area (Å²) in [5.74, 6) is -0.376. The van der Waals surface area contributed by atoms with Crippen molar-refractivity contribution >= 4 is 21.6 Å². The highest BCUT2D eigenvalue weighted by molar-refractivity contribution is 7.90. The molecule has 0 saturated heterocycles. The smallest absolute Gasteiger partial charge is 0.310 e. The van der Waals surface area contributed by atoms with Crippen molar-refractivity contribution in [1.82, 2.24) is 0 Å². The predicted molar refractivity (Wildman–Crippen MR) is 87.1 cm³/mol. The first-order valence-corrected chi connectivity index (χ1v) is 8.60. The van der Waals surface area contributed by atoms with Crippen LogP contribution in [0.1, 0.15) is 11.1 Å². The van der Waals surface area contributed by atoms with Gasteiger partial charge in [0.2, 0.25) is 0 Å². The highest BCUT2D eigenvalue weighted by Gasteiger charge is 2.15. The van der Waals surface area contributed by atoms with Gasteiger partial charge in [-0.3, -0.25) is 10.1 Å². The lowest BCUT2D eigenvalue weighted by Gasteiger charge is -2.04. The van der Waals surface area contributed by atoms with E-state index in [0.29, 0.717) is 11.1 Å². The van der Waals surface area contributed by atoms with Gasteiger partial charge in [0.05, 0.1) is 9.82 Å². The molecule has 0 heterocycles. The number of para-hydroxylation sites is 1. The van der Waals surface area contributed by atoms with Gasteiger partial charge in [-0.05, 0) is 18.1 Å². The van der Waals surface area contributed by atoms with Crippen LogP contribution in [0.3, 0.4) is 0 Å². The quantitative estimate of drug-likeness (QED) is 0.670. The Hall–Kier alpha value is -2.67. The molecule has 2 aromatic carbocycles. The molecule has 23 heavy (non-hydrogen) atoms. The topological polar surface area (TPSA) is 97.5 Å². The Labute approximate surface area is 133 Å². The molecule has 0 radical (unpaired) electrons. The average molecular weight is 333 g/mol. The van der Waals surface area contributed by atoms with E-state index in [1.807, 2.05) is 0 Å². The normalized spacial score (nSPS) is 11.7. The first-order valence-electron chi connectivity index (χ1n) is 6.71. The summed E-state index contributed by atoms with van der Waals surface area (Å²) >= 11 is 0. The van der Waals surface area contributed by atoms with Crippen molar-refractivity contribution in [2.75, 3.05) is 6.26 Å². The summed E-state index contributed by atoms with van der Waals surface area (Å²) in [6.07, 6.45) is 4.65. The van der Waals surface area contributed by atoms with E-state index in [1.54, 1.807) is 36.4 Å². The van der Waals surface area contributed by atoms with Crippen LogP contribution in [-0.2, 0) is 16.3 Å². The van der Waals surface area contributed by atoms with Gasteiger partial charge in [-0.2, -0.15) is 0 Å². The van der Waals surface area contributed by atoms with Crippen LogP contribution in [0.5, 0.6) is 5.75 Å². The third kappa shape index (κ3) is 3.95. The number of benzene rings is 2. The van der Waals surface area contributed by atoms with Crippen LogP contribution in [-0.4, -0.2) is 24.7 Å². The Bertz CT molecular complexity index is 872. The molecule has 0 unspecified atom stereocenters. The van der Waals surface area contributed by atoms with Gasteiger partial charge in [0, 0.05) is 17.9 Å². The van der Waals surface area contributed by atoms with E-state index in [4.69, 9.17) is 0 Å². The predicted octanol–water partition coefficient (Wildman–Crippen LogP) is 2.96. The molecule has 1 N–H and O–H groups in total. The maximum atomic E-state index is 11.7. The molecule has 0 amide bonds. The first kappa shape index (κ1) is 16.7. The lowest BCUT2D eigenvalue weighted by Crippen LogP contribution is -1.99. The highest BCUT2D eigenvalue weighted by Crippen LogP contribution is 2.29. The van der Waals surface area contributed by atoms with Crippen LogP contribution in [0.4, 0.5) is 5.69 Å². The van der Waals surface area contributed by atoms with E-state index in [2.05, 4.69) is 0 Å². The second-order valence-electron chi connectivity index (χ2n) is 4.96. The van der Waals surface area contributed by atoms with Gasteiger partial charge in [-0.15, -0.1) is 0 Å². The second kappa shape index (κ2) is 6.62. The summed E-state index contributed by atoms with van der Waals surface area (Å²) < 4.78 is 23.4. The van der Waals surface area contributed by atoms with Gasteiger partial charge in [0.15, 0.2) is 15.6 Å². The van der Waals surface area contributed by atoms with E-state index >= 15 is 0 Å². The van der Waals surface area contributed by atoms with Crippen LogP contribution in [0.15, 0.2) is 53.4 Å². The zero-order chi connectivity index (χ0) is 17.0. The number of hydrogen-bond acceptors (Lipinski definition) is 5. The number of allylic oxidation sites excluding steroid dienone is 1. The van der Waals surface area contributed by atoms with Crippen LogP contribution in [0, 0.1) is 10.1 Å². The van der Waals surface area contributed by atoms with Crippen LogP contribution in [0.2, 0.25) is 0 Å². The minimum atomic E-state index is -3.34. The van der Waals surface area contributed by atoms with Gasteiger partial charge in [-0.1, -0.05) is 42.5 Å². The minimum Gasteiger partial charge on any atom is -0.502 e. The average Bonchev–Trinajstić information content (AvgIpc) is 2.48. The largest absolute Gasteiger partial charge is 0.502 e. The van der Waals surface area contributed by atoms with E-state index in [9.17, 15) is 23.6 Å². The zero-order valence-electron chi connectivity index (χ0n) is 12.3. The van der Waals surface area contributed by atoms with E-state index < -0.39 is 14.8 Å². The third-order valence-corrected chi connectivity index (χ3v) is 4.42. The molecular weight excluding hydrogens is 318 g/mol. The fraction of sp³-hybridized carbons (Fsp3) is 0.125. The molecule has 0 saturated carbocycles. The lowest BCUT2D eigenvalue weighted by atomic mass is 10.1. The van der Waals surface area contributed by atoms with Crippen molar-refractivity contribution in [3.63, 3.8) is 0 Å². The Kier molecular flexibility index (Phi) is 4.80. The summed E-state index contributed by atoms with van der Waals surface area (Å²) in [5.41, 5.74) is 0.569. The van der Waals surface area contributed by atoms with Gasteiger partial charge in [0.1, 0.15) is 0 Å². The summed E-state index contributed by atoms with van der Waals surface area (Å²) in [6, 6.07) is 10.8. The maximum Gasteiger partial charge on any atom is 0.310 e. The zero-order valence-corrected chi connectivity index (χ0v) is 13.2. The van der Waals surface area contributed by atoms with Crippen LogP contribution < -0.4 is 0 Å². The number of rotatable bonds is 5. The van der Waals surface area contributed by atoms with Gasteiger partial charge >= 0.3 is 5.69 Å². The molecular formula is C16H15NO5S. The molecule has 0 aliphatic heterocycles. The molecule has 0 aromatic heterocycles. The summed E-state index contributed by atoms with van der Waals surface area (Å²) in [6.45, 7) is 0. The molecule has 2 aromatic rings. The monoisotopic (exact) mass is 333 g/mol. The maximum absolute atomic E-state index is 11.7. The number of nitro groups is 1. The van der Waals surface area contributed by atoms with Gasteiger partial charge < -0.3 is 5.11 Å². The number of sulfone groups is 1. The molecule has 0 aliphatic carbocycles. The van der Waals surface area contributed by atoms with Crippen molar-refractivity contribution in [1.29, 1.82) is 0 Å². The van der Waals surface area contributed by atoms with Gasteiger partial charge in [-0.25, -0.2) is 8.42 Å². The van der Waals surface area contributed by atoms with Crippen molar-refractivity contribution in [2.24, 2.45) is 0 Å². The van der Waals surface area contributed by atoms with Crippen molar-refractivity contribution < 1.29 is 18.4 Å². The molecule has 120 valence electrons.